The lowest BCUT2D eigenvalue weighted by atomic mass is 9.87. The number of phosphoric ester groups is 3. The van der Waals surface area contributed by atoms with Crippen LogP contribution in [0.5, 0.6) is 0 Å². The molecular weight excluding hydrogens is 633 g/mol. The SMILES string of the molecule is CCNC(=O)[C@@H](O)C(C)(C)COP(=O)(O)OP(=O)(O)OC[C@H]1O[C@@H](n2cnc3c(N)ncnc32)[C@H](O)[C@@H]1OP(=O)(O)O. The number of carbonyl (C=O) groups excluding carboxylic acids is 1. The normalized spacial score (nSPS) is 25.2. The zero-order chi connectivity index (χ0) is 31.7. The molecule has 24 heteroatoms. The third-order valence-corrected chi connectivity index (χ3v) is 8.88. The van der Waals surface area contributed by atoms with Crippen molar-refractivity contribution in [2.24, 2.45) is 5.41 Å². The number of nitrogen functional groups attached to an aromatic ring is 1. The fourth-order valence-electron chi connectivity index (χ4n) is 3.73. The predicted molar refractivity (Wildman–Crippen MR) is 138 cm³/mol. The first kappa shape index (κ1) is 34.6. The molecule has 3 heterocycles. The number of fused-ring (bicyclic) bond motifs is 1. The highest BCUT2D eigenvalue weighted by Crippen LogP contribution is 2.61. The Labute approximate surface area is 237 Å². The van der Waals surface area contributed by atoms with Crippen molar-refractivity contribution in [2.75, 3.05) is 25.5 Å². The molecule has 1 aliphatic rings. The van der Waals surface area contributed by atoms with Gasteiger partial charge in [-0.2, -0.15) is 4.31 Å². The van der Waals surface area contributed by atoms with Gasteiger partial charge in [-0.25, -0.2) is 28.6 Å². The monoisotopic (exact) mass is 664 g/mol. The van der Waals surface area contributed by atoms with Gasteiger partial charge in [0.05, 0.1) is 19.5 Å². The summed E-state index contributed by atoms with van der Waals surface area (Å²) in [5.74, 6) is -0.815. The molecule has 42 heavy (non-hydrogen) atoms. The molecule has 2 aromatic rings. The molecule has 1 fully saturated rings. The summed E-state index contributed by atoms with van der Waals surface area (Å²) in [5, 5.41) is 23.3. The lowest BCUT2D eigenvalue weighted by molar-refractivity contribution is -0.136. The second-order valence-electron chi connectivity index (χ2n) is 9.57. The van der Waals surface area contributed by atoms with Gasteiger partial charge in [-0.3, -0.25) is 22.9 Å². The molecule has 238 valence electrons. The number of likely N-dealkylation sites (N-methyl/N-ethyl adjacent to an activating group) is 1. The molecule has 3 rings (SSSR count). The number of nitrogens with two attached hydrogens (primary N) is 1. The summed E-state index contributed by atoms with van der Waals surface area (Å²) < 4.78 is 61.3. The van der Waals surface area contributed by atoms with Crippen LogP contribution in [0.4, 0.5) is 5.82 Å². The Kier molecular flexibility index (Phi) is 10.7. The fraction of sp³-hybridized carbons (Fsp3) is 0.667. The first-order valence-electron chi connectivity index (χ1n) is 11.9. The van der Waals surface area contributed by atoms with Gasteiger partial charge >= 0.3 is 23.5 Å². The summed E-state index contributed by atoms with van der Waals surface area (Å²) >= 11 is 0. The van der Waals surface area contributed by atoms with Gasteiger partial charge < -0.3 is 45.6 Å². The van der Waals surface area contributed by atoms with E-state index >= 15 is 0 Å². The van der Waals surface area contributed by atoms with E-state index in [2.05, 4.69) is 38.2 Å². The van der Waals surface area contributed by atoms with E-state index in [0.29, 0.717) is 0 Å². The number of amides is 1. The van der Waals surface area contributed by atoms with Crippen molar-refractivity contribution in [2.45, 2.75) is 51.4 Å². The minimum atomic E-state index is -5.47. The summed E-state index contributed by atoms with van der Waals surface area (Å²) in [6.07, 6.45) is -6.35. The third kappa shape index (κ3) is 8.58. The van der Waals surface area contributed by atoms with Gasteiger partial charge in [0.25, 0.3) is 0 Å². The van der Waals surface area contributed by atoms with Gasteiger partial charge in [0.1, 0.15) is 36.3 Å². The summed E-state index contributed by atoms with van der Waals surface area (Å²) in [4.78, 5) is 62.2. The number of hydrogen-bond donors (Lipinski definition) is 8. The summed E-state index contributed by atoms with van der Waals surface area (Å²) in [7, 11) is -16.1. The van der Waals surface area contributed by atoms with Crippen molar-refractivity contribution in [3.63, 3.8) is 0 Å². The van der Waals surface area contributed by atoms with E-state index in [1.165, 1.54) is 13.8 Å². The van der Waals surface area contributed by atoms with Gasteiger partial charge in [-0.1, -0.05) is 13.8 Å². The average Bonchev–Trinajstić information content (AvgIpc) is 3.42. The minimum Gasteiger partial charge on any atom is -0.386 e. The number of phosphoric acid groups is 3. The van der Waals surface area contributed by atoms with Crippen molar-refractivity contribution in [1.29, 1.82) is 0 Å². The van der Waals surface area contributed by atoms with Crippen molar-refractivity contribution in [3.05, 3.63) is 12.7 Å². The number of aliphatic hydroxyl groups excluding tert-OH is 2. The van der Waals surface area contributed by atoms with Gasteiger partial charge in [0.2, 0.25) is 5.91 Å². The molecule has 1 aliphatic heterocycles. The lowest BCUT2D eigenvalue weighted by Gasteiger charge is -2.29. The molecule has 1 saturated heterocycles. The molecule has 0 saturated carbocycles. The Morgan fingerprint density at radius 2 is 1.81 bits per heavy atom. The van der Waals surface area contributed by atoms with Gasteiger partial charge in [-0.05, 0) is 6.92 Å². The van der Waals surface area contributed by atoms with Crippen LogP contribution in [0.1, 0.15) is 27.0 Å². The second-order valence-corrected chi connectivity index (χ2v) is 13.8. The topological polar surface area (TPSA) is 317 Å². The molecule has 7 atom stereocenters. The molecule has 1 amide bonds. The molecule has 9 N–H and O–H groups in total. The van der Waals surface area contributed by atoms with Gasteiger partial charge in [-0.15, -0.1) is 0 Å². The van der Waals surface area contributed by atoms with Crippen LogP contribution in [0.3, 0.4) is 0 Å². The molecule has 21 nitrogen and oxygen atoms in total. The number of nitrogens with zero attached hydrogens (tertiary/aromatic N) is 4. The number of rotatable bonds is 14. The van der Waals surface area contributed by atoms with Crippen molar-refractivity contribution in [3.8, 4) is 0 Å². The van der Waals surface area contributed by atoms with Crippen molar-refractivity contribution >= 4 is 46.4 Å². The molecule has 0 radical (unpaired) electrons. The Morgan fingerprint density at radius 3 is 2.43 bits per heavy atom. The zero-order valence-corrected chi connectivity index (χ0v) is 24.9. The maximum absolute atomic E-state index is 12.5. The second kappa shape index (κ2) is 13.0. The van der Waals surface area contributed by atoms with E-state index in [4.69, 9.17) is 10.5 Å². The number of carbonyl (C=O) groups is 1. The van der Waals surface area contributed by atoms with Crippen LogP contribution >= 0.6 is 23.5 Å². The largest absolute Gasteiger partial charge is 0.481 e. The predicted octanol–water partition coefficient (Wildman–Crippen LogP) is -1.08. The first-order valence-corrected chi connectivity index (χ1v) is 16.4. The maximum atomic E-state index is 12.5. The summed E-state index contributed by atoms with van der Waals surface area (Å²) in [5.41, 5.74) is 4.44. The van der Waals surface area contributed by atoms with Crippen molar-refractivity contribution < 1.29 is 70.9 Å². The van der Waals surface area contributed by atoms with Crippen LogP contribution in [0, 0.1) is 5.41 Å². The zero-order valence-electron chi connectivity index (χ0n) is 22.2. The smallest absolute Gasteiger partial charge is 0.386 e. The average molecular weight is 664 g/mol. The molecule has 0 aliphatic carbocycles. The molecule has 0 bridgehead atoms. The Hall–Kier alpha value is -1.93. The van der Waals surface area contributed by atoms with E-state index in [-0.39, 0.29) is 23.5 Å². The lowest BCUT2D eigenvalue weighted by Crippen LogP contribution is -2.45. The number of aliphatic hydroxyl groups is 2. The third-order valence-electron chi connectivity index (χ3n) is 5.78. The summed E-state index contributed by atoms with van der Waals surface area (Å²) in [6, 6.07) is 0. The number of ether oxygens (including phenoxy) is 1. The highest BCUT2D eigenvalue weighted by molar-refractivity contribution is 7.61. The Bertz CT molecular complexity index is 1420. The van der Waals surface area contributed by atoms with Crippen LogP contribution in [0.2, 0.25) is 0 Å². The maximum Gasteiger partial charge on any atom is 0.481 e. The van der Waals surface area contributed by atoms with Crippen LogP contribution in [0.15, 0.2) is 12.7 Å². The summed E-state index contributed by atoms with van der Waals surface area (Å²) in [6.45, 7) is 2.56. The highest BCUT2D eigenvalue weighted by atomic mass is 31.3. The van der Waals surface area contributed by atoms with Crippen LogP contribution in [-0.2, 0) is 41.1 Å². The molecular formula is C18H31N6O15P3. The van der Waals surface area contributed by atoms with Crippen LogP contribution in [0.25, 0.3) is 11.2 Å². The molecule has 0 aromatic carbocycles. The van der Waals surface area contributed by atoms with Crippen LogP contribution in [-0.4, -0.2) is 99.4 Å². The fourth-order valence-corrected chi connectivity index (χ4v) is 6.56. The Morgan fingerprint density at radius 1 is 1.17 bits per heavy atom. The molecule has 2 aromatic heterocycles. The van der Waals surface area contributed by atoms with Gasteiger partial charge in [0, 0.05) is 12.0 Å². The number of nitrogens with one attached hydrogen (secondary N) is 1. The number of aromatic nitrogens is 4. The van der Waals surface area contributed by atoms with E-state index in [9.17, 15) is 48.3 Å². The molecule has 0 spiro atoms. The van der Waals surface area contributed by atoms with Crippen molar-refractivity contribution in [1.82, 2.24) is 24.8 Å². The standard InChI is InChI=1S/C18H31N6O15P3/c1-4-20-16(27)13(26)18(2,3)6-36-42(33,34)39-41(31,32)35-5-9-12(38-40(28,29)30)11(25)17(37-9)24-8-23-10-14(19)21-7-22-15(10)24/h7-9,11-13,17,25-26H,4-6H2,1-3H3,(H,20,27)(H,31,32)(H,33,34)(H2,19,21,22)(H2,28,29,30)/t9-,11-,12-,13-,17-/m1/s1. The van der Waals surface area contributed by atoms with E-state index in [1.54, 1.807) is 6.92 Å². The quantitative estimate of drug-likeness (QED) is 0.111. The van der Waals surface area contributed by atoms with Gasteiger partial charge in [0.15, 0.2) is 17.7 Å². The molecule has 2 unspecified atom stereocenters. The number of imidazole rings is 1. The van der Waals surface area contributed by atoms with E-state index in [0.717, 1.165) is 17.2 Å². The number of anilines is 1. The minimum absolute atomic E-state index is 0.0229. The van der Waals surface area contributed by atoms with E-state index in [1.807, 2.05) is 0 Å². The Balaban J connectivity index is 1.71. The highest BCUT2D eigenvalue weighted by Gasteiger charge is 2.50. The van der Waals surface area contributed by atoms with E-state index < -0.39 is 78.6 Å². The number of hydrogen-bond acceptors (Lipinski definition) is 15. The van der Waals surface area contributed by atoms with Crippen LogP contribution < -0.4 is 11.1 Å². The first-order chi connectivity index (χ1) is 19.3.